The van der Waals surface area contributed by atoms with Gasteiger partial charge in [-0.05, 0) is 97.3 Å². The van der Waals surface area contributed by atoms with Gasteiger partial charge in [-0.15, -0.1) is 0 Å². The molecule has 44 heavy (non-hydrogen) atoms. The normalized spacial score (nSPS) is 22.3. The minimum Gasteiger partial charge on any atom is -0.203 e. The lowest BCUT2D eigenvalue weighted by atomic mass is 9.68. The highest BCUT2D eigenvalue weighted by Crippen LogP contribution is 2.45. The van der Waals surface area contributed by atoms with Gasteiger partial charge in [0.1, 0.15) is 0 Å². The van der Waals surface area contributed by atoms with Crippen molar-refractivity contribution in [3.63, 3.8) is 0 Å². The maximum atomic E-state index is 15.5. The number of rotatable bonds is 12. The van der Waals surface area contributed by atoms with Gasteiger partial charge in [-0.3, -0.25) is 0 Å². The van der Waals surface area contributed by atoms with Gasteiger partial charge in [-0.1, -0.05) is 114 Å². The lowest BCUT2D eigenvalue weighted by molar-refractivity contribution is 0.156. The quantitative estimate of drug-likeness (QED) is 0.142. The van der Waals surface area contributed by atoms with E-state index >= 15 is 13.2 Å². The topological polar surface area (TPSA) is 0 Å². The Bertz CT molecular complexity index is 1340. The van der Waals surface area contributed by atoms with Crippen LogP contribution in [0.25, 0.3) is 22.3 Å². The molecular weight excluding hydrogens is 556 g/mol. The molecular formula is C40H50F4. The van der Waals surface area contributed by atoms with Gasteiger partial charge in [-0.25, -0.2) is 17.6 Å². The largest absolute Gasteiger partial charge is 0.203 e. The van der Waals surface area contributed by atoms with Crippen LogP contribution in [-0.2, 0) is 6.42 Å². The van der Waals surface area contributed by atoms with Crippen molar-refractivity contribution in [3.05, 3.63) is 82.9 Å². The van der Waals surface area contributed by atoms with Crippen LogP contribution in [0.5, 0.6) is 0 Å². The van der Waals surface area contributed by atoms with Crippen LogP contribution >= 0.6 is 0 Å². The lowest BCUT2D eigenvalue weighted by Crippen LogP contribution is -2.25. The Labute approximate surface area is 262 Å². The smallest absolute Gasteiger partial charge is 0.166 e. The van der Waals surface area contributed by atoms with Crippen LogP contribution in [0.2, 0.25) is 0 Å². The third-order valence-corrected chi connectivity index (χ3v) is 10.8. The van der Waals surface area contributed by atoms with Gasteiger partial charge in [0, 0.05) is 11.1 Å². The zero-order valence-electron chi connectivity index (χ0n) is 26.8. The number of benzene rings is 3. The van der Waals surface area contributed by atoms with E-state index < -0.39 is 23.3 Å². The molecule has 4 heteroatoms. The van der Waals surface area contributed by atoms with Crippen molar-refractivity contribution in [2.75, 3.05) is 0 Å². The Balaban J connectivity index is 1.21. The van der Waals surface area contributed by atoms with Gasteiger partial charge < -0.3 is 0 Å². The second-order valence-electron chi connectivity index (χ2n) is 13.7. The maximum Gasteiger partial charge on any atom is 0.166 e. The SMILES string of the molecule is CCCCCCCc1ccc(-c2ccc(-c3ccc(C4CCC(C5CCC(CCC)CC5)CC4)c(F)c3F)cc2)c(F)c1F. The molecule has 3 aromatic carbocycles. The fourth-order valence-corrected chi connectivity index (χ4v) is 8.11. The molecule has 0 aromatic heterocycles. The fourth-order valence-electron chi connectivity index (χ4n) is 8.11. The van der Waals surface area contributed by atoms with Crippen LogP contribution in [0.1, 0.15) is 127 Å². The van der Waals surface area contributed by atoms with E-state index in [1.54, 1.807) is 48.5 Å². The van der Waals surface area contributed by atoms with Crippen molar-refractivity contribution in [3.8, 4) is 22.3 Å². The minimum absolute atomic E-state index is 0.0609. The summed E-state index contributed by atoms with van der Waals surface area (Å²) >= 11 is 0. The van der Waals surface area contributed by atoms with Crippen LogP contribution in [0.4, 0.5) is 17.6 Å². The summed E-state index contributed by atoms with van der Waals surface area (Å²) in [6, 6.07) is 13.4. The van der Waals surface area contributed by atoms with E-state index in [4.69, 9.17) is 0 Å². The lowest BCUT2D eigenvalue weighted by Gasteiger charge is -2.38. The summed E-state index contributed by atoms with van der Waals surface area (Å²) in [4.78, 5) is 0. The first-order valence-corrected chi connectivity index (χ1v) is 17.5. The van der Waals surface area contributed by atoms with Crippen LogP contribution in [-0.4, -0.2) is 0 Å². The van der Waals surface area contributed by atoms with E-state index in [0.29, 0.717) is 28.7 Å². The van der Waals surface area contributed by atoms with Crippen molar-refractivity contribution in [2.24, 2.45) is 17.8 Å². The first kappa shape index (κ1) is 32.8. The van der Waals surface area contributed by atoms with Crippen LogP contribution in [0.15, 0.2) is 48.5 Å². The van der Waals surface area contributed by atoms with E-state index in [-0.39, 0.29) is 17.0 Å². The molecule has 2 aliphatic carbocycles. The molecule has 0 radical (unpaired) electrons. The Morgan fingerprint density at radius 1 is 0.523 bits per heavy atom. The number of aryl methyl sites for hydroxylation is 1. The summed E-state index contributed by atoms with van der Waals surface area (Å²) in [6.45, 7) is 4.43. The second kappa shape index (κ2) is 15.6. The summed E-state index contributed by atoms with van der Waals surface area (Å²) in [6.07, 6.45) is 17.9. The van der Waals surface area contributed by atoms with Crippen molar-refractivity contribution >= 4 is 0 Å². The fraction of sp³-hybridized carbons (Fsp3) is 0.550. The van der Waals surface area contributed by atoms with Gasteiger partial charge in [0.15, 0.2) is 23.3 Å². The first-order chi connectivity index (χ1) is 21.4. The highest BCUT2D eigenvalue weighted by atomic mass is 19.2. The maximum absolute atomic E-state index is 15.5. The molecule has 2 saturated carbocycles. The van der Waals surface area contributed by atoms with E-state index in [1.807, 2.05) is 0 Å². The molecule has 0 aliphatic heterocycles. The average molecular weight is 607 g/mol. The van der Waals surface area contributed by atoms with E-state index in [9.17, 15) is 4.39 Å². The Morgan fingerprint density at radius 3 is 1.66 bits per heavy atom. The summed E-state index contributed by atoms with van der Waals surface area (Å²) in [5.41, 5.74) is 2.29. The number of hydrogen-bond donors (Lipinski definition) is 0. The third-order valence-electron chi connectivity index (χ3n) is 10.8. The molecule has 3 aromatic rings. The zero-order chi connectivity index (χ0) is 31.1. The summed E-state index contributed by atoms with van der Waals surface area (Å²) in [5.74, 6) is -0.719. The molecule has 2 aliphatic rings. The van der Waals surface area contributed by atoms with Crippen LogP contribution < -0.4 is 0 Å². The molecule has 0 spiro atoms. The molecule has 0 unspecified atom stereocenters. The van der Waals surface area contributed by atoms with Crippen molar-refractivity contribution in [1.82, 2.24) is 0 Å². The summed E-state index contributed by atoms with van der Waals surface area (Å²) in [7, 11) is 0. The number of unbranched alkanes of at least 4 members (excludes halogenated alkanes) is 4. The van der Waals surface area contributed by atoms with Gasteiger partial charge in [0.2, 0.25) is 0 Å². The van der Waals surface area contributed by atoms with Gasteiger partial charge in [0.05, 0.1) is 0 Å². The Kier molecular flexibility index (Phi) is 11.6. The van der Waals surface area contributed by atoms with Crippen molar-refractivity contribution < 1.29 is 17.6 Å². The van der Waals surface area contributed by atoms with E-state index in [0.717, 1.165) is 75.5 Å². The predicted molar refractivity (Wildman–Crippen MR) is 175 cm³/mol. The van der Waals surface area contributed by atoms with E-state index in [2.05, 4.69) is 13.8 Å². The summed E-state index contributed by atoms with van der Waals surface area (Å²) in [5, 5.41) is 0. The number of halogens is 4. The molecule has 0 bridgehead atoms. The second-order valence-corrected chi connectivity index (χ2v) is 13.7. The van der Waals surface area contributed by atoms with Gasteiger partial charge >= 0.3 is 0 Å². The Hall–Kier alpha value is -2.62. The highest BCUT2D eigenvalue weighted by molar-refractivity contribution is 5.71. The zero-order valence-corrected chi connectivity index (χ0v) is 26.8. The molecule has 238 valence electrons. The first-order valence-electron chi connectivity index (χ1n) is 17.5. The molecule has 0 atom stereocenters. The van der Waals surface area contributed by atoms with E-state index in [1.165, 1.54) is 38.5 Å². The molecule has 2 fully saturated rings. The summed E-state index contributed by atoms with van der Waals surface area (Å²) < 4.78 is 60.8. The van der Waals surface area contributed by atoms with Gasteiger partial charge in [-0.2, -0.15) is 0 Å². The van der Waals surface area contributed by atoms with Crippen molar-refractivity contribution in [2.45, 2.75) is 122 Å². The standard InChI is InChI=1S/C40H50F4/c1-3-5-6-7-8-10-33-23-24-34(38(42)37(33)41)31-19-21-32(22-20-31)36-26-25-35(39(43)40(36)44)30-17-15-29(16-18-30)28-13-11-27(9-4-2)12-14-28/h19-30H,3-18H2,1-2H3. The van der Waals surface area contributed by atoms with Crippen molar-refractivity contribution in [1.29, 1.82) is 0 Å². The molecule has 0 N–H and O–H groups in total. The van der Waals surface area contributed by atoms with Gasteiger partial charge in [0.25, 0.3) is 0 Å². The molecule has 0 heterocycles. The predicted octanol–water partition coefficient (Wildman–Crippen LogP) is 13.0. The highest BCUT2D eigenvalue weighted by Gasteiger charge is 2.32. The number of hydrogen-bond acceptors (Lipinski definition) is 0. The molecule has 0 saturated heterocycles. The molecule has 5 rings (SSSR count). The van der Waals surface area contributed by atoms with Crippen LogP contribution in [0.3, 0.4) is 0 Å². The molecule has 0 nitrogen and oxygen atoms in total. The Morgan fingerprint density at radius 2 is 1.07 bits per heavy atom. The monoisotopic (exact) mass is 606 g/mol. The third kappa shape index (κ3) is 7.60. The molecule has 0 amide bonds. The minimum atomic E-state index is -0.857. The average Bonchev–Trinajstić information content (AvgIpc) is 3.05. The van der Waals surface area contributed by atoms with Crippen LogP contribution in [0, 0.1) is 41.0 Å².